The van der Waals surface area contributed by atoms with Crippen molar-refractivity contribution < 1.29 is 17.9 Å². The molecule has 1 atom stereocenters. The largest absolute Gasteiger partial charge is 0.496 e. The van der Waals surface area contributed by atoms with Crippen LogP contribution >= 0.6 is 0 Å². The number of sulfonamides is 1. The Morgan fingerprint density at radius 3 is 2.27 bits per heavy atom. The highest BCUT2D eigenvalue weighted by Crippen LogP contribution is 2.25. The third kappa shape index (κ3) is 6.14. The Kier molecular flexibility index (Phi) is 8.19. The van der Waals surface area contributed by atoms with Crippen LogP contribution < -0.4 is 14.4 Å². The number of anilines is 1. The zero-order chi connectivity index (χ0) is 26.6. The molecule has 0 spiro atoms. The molecule has 0 unspecified atom stereocenters. The Balaban J connectivity index is 1.53. The van der Waals surface area contributed by atoms with Gasteiger partial charge in [-0.15, -0.1) is 0 Å². The van der Waals surface area contributed by atoms with Crippen LogP contribution in [0.25, 0.3) is 0 Å². The van der Waals surface area contributed by atoms with Crippen molar-refractivity contribution in [2.24, 2.45) is 0 Å². The lowest BCUT2D eigenvalue weighted by Gasteiger charge is -2.38. The summed E-state index contributed by atoms with van der Waals surface area (Å²) in [7, 11) is -2.39. The highest BCUT2D eigenvalue weighted by Gasteiger charge is 2.32. The lowest BCUT2D eigenvalue weighted by atomic mass is 10.0. The predicted octanol–water partition coefficient (Wildman–Crippen LogP) is 3.86. The van der Waals surface area contributed by atoms with Crippen molar-refractivity contribution in [1.82, 2.24) is 9.62 Å². The van der Waals surface area contributed by atoms with Gasteiger partial charge in [-0.3, -0.25) is 4.79 Å². The number of hydrogen-bond donors (Lipinski definition) is 1. The van der Waals surface area contributed by atoms with E-state index in [9.17, 15) is 13.2 Å². The van der Waals surface area contributed by atoms with Gasteiger partial charge in [0.25, 0.3) is 0 Å². The van der Waals surface area contributed by atoms with Crippen molar-refractivity contribution >= 4 is 21.6 Å². The van der Waals surface area contributed by atoms with E-state index in [0.29, 0.717) is 37.5 Å². The summed E-state index contributed by atoms with van der Waals surface area (Å²) in [6.45, 7) is 8.45. The molecule has 3 aromatic carbocycles. The molecule has 3 aromatic rings. The fourth-order valence-electron chi connectivity index (χ4n) is 4.77. The van der Waals surface area contributed by atoms with Crippen LogP contribution in [-0.2, 0) is 21.2 Å². The Labute approximate surface area is 220 Å². The molecule has 1 amide bonds. The van der Waals surface area contributed by atoms with Crippen LogP contribution in [-0.4, -0.2) is 58.6 Å². The smallest absolute Gasteiger partial charge is 0.241 e. The topological polar surface area (TPSA) is 78.9 Å². The number of hydrogen-bond acceptors (Lipinski definition) is 5. The van der Waals surface area contributed by atoms with Crippen molar-refractivity contribution in [3.05, 3.63) is 89.0 Å². The Morgan fingerprint density at radius 2 is 1.62 bits per heavy atom. The van der Waals surface area contributed by atoms with Gasteiger partial charge in [0.1, 0.15) is 11.8 Å². The van der Waals surface area contributed by atoms with E-state index in [4.69, 9.17) is 4.74 Å². The van der Waals surface area contributed by atoms with E-state index in [0.717, 1.165) is 5.56 Å². The molecule has 0 aromatic heterocycles. The van der Waals surface area contributed by atoms with Gasteiger partial charge in [0.2, 0.25) is 15.9 Å². The zero-order valence-corrected chi connectivity index (χ0v) is 22.7. The summed E-state index contributed by atoms with van der Waals surface area (Å²) in [6, 6.07) is 19.5. The quantitative estimate of drug-likeness (QED) is 0.487. The molecule has 1 saturated heterocycles. The molecule has 7 nitrogen and oxygen atoms in total. The average molecular weight is 522 g/mol. The summed E-state index contributed by atoms with van der Waals surface area (Å²) in [5.41, 5.74) is 5.26. The first kappa shape index (κ1) is 26.7. The van der Waals surface area contributed by atoms with Gasteiger partial charge in [-0.2, -0.15) is 4.72 Å². The summed E-state index contributed by atoms with van der Waals surface area (Å²) < 4.78 is 34.7. The molecule has 0 saturated carbocycles. The third-order valence-electron chi connectivity index (χ3n) is 7.06. The number of carbonyl (C=O) groups excluding carboxylic acids is 1. The standard InChI is InChI=1S/C29H35N3O4S/c1-21-9-8-12-27(23(21)3)31-15-17-32(18-16-31)29(33)26(20-24-10-6-5-7-11-24)30-37(34,35)25-13-14-28(36-4)22(2)19-25/h5-14,19,26,30H,15-18,20H2,1-4H3/t26-/m1/s1. The van der Waals surface area contributed by atoms with Gasteiger partial charge in [0.15, 0.2) is 0 Å². The monoisotopic (exact) mass is 521 g/mol. The number of nitrogens with zero attached hydrogens (tertiary/aromatic N) is 2. The summed E-state index contributed by atoms with van der Waals surface area (Å²) in [4.78, 5) is 17.9. The maximum absolute atomic E-state index is 13.7. The first-order valence-electron chi connectivity index (χ1n) is 12.5. The van der Waals surface area contributed by atoms with Crippen LogP contribution in [0.3, 0.4) is 0 Å². The Hall–Kier alpha value is -3.36. The van der Waals surface area contributed by atoms with E-state index in [2.05, 4.69) is 41.7 Å². The van der Waals surface area contributed by atoms with Gasteiger partial charge < -0.3 is 14.5 Å². The van der Waals surface area contributed by atoms with E-state index in [1.165, 1.54) is 22.9 Å². The molecule has 4 rings (SSSR count). The van der Waals surface area contributed by atoms with Crippen LogP contribution in [0.1, 0.15) is 22.3 Å². The number of methoxy groups -OCH3 is 1. The molecule has 0 radical (unpaired) electrons. The van der Waals surface area contributed by atoms with Crippen LogP contribution in [0, 0.1) is 20.8 Å². The normalized spacial score (nSPS) is 14.9. The predicted molar refractivity (Wildman–Crippen MR) is 147 cm³/mol. The molecular formula is C29H35N3O4S. The van der Waals surface area contributed by atoms with Gasteiger partial charge in [-0.25, -0.2) is 8.42 Å². The molecular weight excluding hydrogens is 486 g/mol. The summed E-state index contributed by atoms with van der Waals surface area (Å²) in [5, 5.41) is 0. The highest BCUT2D eigenvalue weighted by molar-refractivity contribution is 7.89. The Bertz CT molecular complexity index is 1350. The van der Waals surface area contributed by atoms with Gasteiger partial charge in [-0.1, -0.05) is 42.5 Å². The van der Waals surface area contributed by atoms with Crippen molar-refractivity contribution in [3.63, 3.8) is 0 Å². The summed E-state index contributed by atoms with van der Waals surface area (Å²) in [6.07, 6.45) is 0.269. The second-order valence-corrected chi connectivity index (χ2v) is 11.2. The first-order valence-corrected chi connectivity index (χ1v) is 14.0. The number of carbonyl (C=O) groups is 1. The minimum atomic E-state index is -3.94. The number of amides is 1. The average Bonchev–Trinajstić information content (AvgIpc) is 2.90. The second kappa shape index (κ2) is 11.4. The molecule has 1 heterocycles. The molecule has 1 fully saturated rings. The van der Waals surface area contributed by atoms with Gasteiger partial charge in [-0.05, 0) is 73.7 Å². The van der Waals surface area contributed by atoms with E-state index < -0.39 is 16.1 Å². The fraction of sp³-hybridized carbons (Fsp3) is 0.345. The molecule has 196 valence electrons. The summed E-state index contributed by atoms with van der Waals surface area (Å²) in [5.74, 6) is 0.399. The second-order valence-electron chi connectivity index (χ2n) is 9.53. The van der Waals surface area contributed by atoms with Gasteiger partial charge in [0.05, 0.1) is 12.0 Å². The number of ether oxygens (including phenoxy) is 1. The van der Waals surface area contributed by atoms with Crippen LogP contribution in [0.4, 0.5) is 5.69 Å². The first-order chi connectivity index (χ1) is 17.7. The van der Waals surface area contributed by atoms with Crippen molar-refractivity contribution in [2.45, 2.75) is 38.1 Å². The minimum Gasteiger partial charge on any atom is -0.496 e. The molecule has 0 aliphatic carbocycles. The number of aryl methyl sites for hydroxylation is 2. The van der Waals surface area contributed by atoms with Gasteiger partial charge in [0, 0.05) is 31.9 Å². The van der Waals surface area contributed by atoms with Crippen LogP contribution in [0.15, 0.2) is 71.6 Å². The van der Waals surface area contributed by atoms with Gasteiger partial charge >= 0.3 is 0 Å². The molecule has 37 heavy (non-hydrogen) atoms. The number of benzene rings is 3. The molecule has 0 bridgehead atoms. The van der Waals surface area contributed by atoms with Crippen LogP contribution in [0.2, 0.25) is 0 Å². The van der Waals surface area contributed by atoms with Crippen molar-refractivity contribution in [1.29, 1.82) is 0 Å². The highest BCUT2D eigenvalue weighted by atomic mass is 32.2. The molecule has 8 heteroatoms. The number of rotatable bonds is 8. The van der Waals surface area contributed by atoms with E-state index in [1.807, 2.05) is 30.3 Å². The maximum Gasteiger partial charge on any atom is 0.241 e. The molecule has 1 aliphatic heterocycles. The van der Waals surface area contributed by atoms with Crippen molar-refractivity contribution in [3.8, 4) is 5.75 Å². The summed E-state index contributed by atoms with van der Waals surface area (Å²) >= 11 is 0. The number of piperazine rings is 1. The Morgan fingerprint density at radius 1 is 0.919 bits per heavy atom. The number of nitrogens with one attached hydrogen (secondary N) is 1. The lowest BCUT2D eigenvalue weighted by Crippen LogP contribution is -2.55. The van der Waals surface area contributed by atoms with E-state index in [1.54, 1.807) is 31.1 Å². The lowest BCUT2D eigenvalue weighted by molar-refractivity contribution is -0.133. The van der Waals surface area contributed by atoms with Crippen molar-refractivity contribution in [2.75, 3.05) is 38.2 Å². The molecule has 1 N–H and O–H groups in total. The maximum atomic E-state index is 13.7. The minimum absolute atomic E-state index is 0.108. The SMILES string of the molecule is COc1ccc(S(=O)(=O)N[C@H](Cc2ccccc2)C(=O)N2CCN(c3cccc(C)c3C)CC2)cc1C. The van der Waals surface area contributed by atoms with E-state index in [-0.39, 0.29) is 17.2 Å². The fourth-order valence-corrected chi connectivity index (χ4v) is 6.04. The van der Waals surface area contributed by atoms with E-state index >= 15 is 0 Å². The molecule has 1 aliphatic rings. The zero-order valence-electron chi connectivity index (χ0n) is 21.9. The third-order valence-corrected chi connectivity index (χ3v) is 8.53. The van der Waals surface area contributed by atoms with Crippen LogP contribution in [0.5, 0.6) is 5.75 Å².